The minimum atomic E-state index is -0.702. The van der Waals surface area contributed by atoms with Crippen LogP contribution in [0.1, 0.15) is 32.3 Å². The average molecular weight is 239 g/mol. The van der Waals surface area contributed by atoms with Crippen LogP contribution in [0.25, 0.3) is 0 Å². The van der Waals surface area contributed by atoms with Gasteiger partial charge in [0.15, 0.2) is 0 Å². The van der Waals surface area contributed by atoms with Crippen molar-refractivity contribution in [2.75, 3.05) is 5.32 Å². The molecule has 1 N–H and O–H groups in total. The van der Waals surface area contributed by atoms with Gasteiger partial charge in [0.05, 0.1) is 11.6 Å². The highest BCUT2D eigenvalue weighted by Crippen LogP contribution is 2.41. The molecule has 17 heavy (non-hydrogen) atoms. The van der Waals surface area contributed by atoms with E-state index >= 15 is 0 Å². The van der Waals surface area contributed by atoms with Crippen LogP contribution in [0.5, 0.6) is 0 Å². The van der Waals surface area contributed by atoms with Gasteiger partial charge < -0.3 is 5.32 Å². The van der Waals surface area contributed by atoms with Crippen LogP contribution in [0.15, 0.2) is 12.1 Å². The predicted molar refractivity (Wildman–Crippen MR) is 61.7 cm³/mol. The number of anilines is 1. The number of amides is 1. The predicted octanol–water partition coefficient (Wildman–Crippen LogP) is 3.29. The van der Waals surface area contributed by atoms with E-state index in [1.165, 1.54) is 6.07 Å². The molecule has 1 heterocycles. The summed E-state index contributed by atoms with van der Waals surface area (Å²) >= 11 is 0. The van der Waals surface area contributed by atoms with Gasteiger partial charge in [0.25, 0.3) is 0 Å². The molecule has 2 nitrogen and oxygen atoms in total. The third-order valence-corrected chi connectivity index (χ3v) is 3.53. The zero-order valence-electron chi connectivity index (χ0n) is 10.1. The van der Waals surface area contributed by atoms with Crippen LogP contribution < -0.4 is 5.32 Å². The summed E-state index contributed by atoms with van der Waals surface area (Å²) in [6, 6.07) is 2.04. The Kier molecular flexibility index (Phi) is 2.89. The number of nitrogens with one attached hydrogen (secondary N) is 1. The molecule has 1 aliphatic rings. The van der Waals surface area contributed by atoms with E-state index in [4.69, 9.17) is 0 Å². The molecule has 0 aromatic heterocycles. The monoisotopic (exact) mass is 239 g/mol. The number of carbonyl (C=O) groups excluding carboxylic acids is 1. The van der Waals surface area contributed by atoms with Gasteiger partial charge in [-0.25, -0.2) is 8.78 Å². The van der Waals surface area contributed by atoms with Gasteiger partial charge in [0, 0.05) is 6.07 Å². The summed E-state index contributed by atoms with van der Waals surface area (Å²) < 4.78 is 26.7. The Morgan fingerprint density at radius 2 is 1.88 bits per heavy atom. The lowest BCUT2D eigenvalue weighted by Crippen LogP contribution is -2.22. The normalized spacial score (nSPS) is 20.4. The van der Waals surface area contributed by atoms with Crippen molar-refractivity contribution >= 4 is 11.6 Å². The van der Waals surface area contributed by atoms with Gasteiger partial charge in [0.2, 0.25) is 5.91 Å². The van der Waals surface area contributed by atoms with Crippen molar-refractivity contribution in [3.8, 4) is 0 Å². The summed E-state index contributed by atoms with van der Waals surface area (Å²) in [7, 11) is 0. The van der Waals surface area contributed by atoms with Crippen molar-refractivity contribution in [1.29, 1.82) is 0 Å². The fourth-order valence-electron chi connectivity index (χ4n) is 2.22. The van der Waals surface area contributed by atoms with Gasteiger partial charge in [-0.2, -0.15) is 0 Å². The number of carbonyl (C=O) groups is 1. The van der Waals surface area contributed by atoms with Gasteiger partial charge in [-0.05, 0) is 23.5 Å². The standard InChI is InChI=1S/C13H15F2NO/c1-6(2)7(3)11-9-4-8(14)5-10(15)12(9)16-13(11)17/h4-7,11H,1-3H3,(H,16,17). The van der Waals surface area contributed by atoms with Gasteiger partial charge >= 0.3 is 0 Å². The van der Waals surface area contributed by atoms with E-state index in [0.717, 1.165) is 6.07 Å². The molecule has 1 aliphatic heterocycles. The number of halogens is 2. The molecular formula is C13H15F2NO. The number of hydrogen-bond acceptors (Lipinski definition) is 1. The second kappa shape index (κ2) is 4.09. The number of rotatable bonds is 2. The highest BCUT2D eigenvalue weighted by Gasteiger charge is 2.37. The second-order valence-electron chi connectivity index (χ2n) is 4.92. The Balaban J connectivity index is 2.50. The molecule has 0 fully saturated rings. The van der Waals surface area contributed by atoms with Crippen molar-refractivity contribution in [2.45, 2.75) is 26.7 Å². The van der Waals surface area contributed by atoms with Crippen LogP contribution in [0.2, 0.25) is 0 Å². The smallest absolute Gasteiger partial charge is 0.232 e. The maximum absolute atomic E-state index is 13.5. The molecule has 2 atom stereocenters. The van der Waals surface area contributed by atoms with Crippen molar-refractivity contribution in [2.24, 2.45) is 11.8 Å². The number of benzene rings is 1. The average Bonchev–Trinajstić information content (AvgIpc) is 2.54. The summed E-state index contributed by atoms with van der Waals surface area (Å²) in [5, 5.41) is 2.50. The van der Waals surface area contributed by atoms with E-state index in [2.05, 4.69) is 5.32 Å². The number of hydrogen-bond donors (Lipinski definition) is 1. The van der Waals surface area contributed by atoms with E-state index in [-0.39, 0.29) is 23.4 Å². The first kappa shape index (κ1) is 12.0. The van der Waals surface area contributed by atoms with Crippen molar-refractivity contribution < 1.29 is 13.6 Å². The van der Waals surface area contributed by atoms with Gasteiger partial charge in [0.1, 0.15) is 11.6 Å². The molecule has 1 aromatic carbocycles. The van der Waals surface area contributed by atoms with Crippen LogP contribution in [0.3, 0.4) is 0 Å². The highest BCUT2D eigenvalue weighted by molar-refractivity contribution is 6.03. The van der Waals surface area contributed by atoms with Crippen molar-refractivity contribution in [3.05, 3.63) is 29.3 Å². The molecular weight excluding hydrogens is 224 g/mol. The third-order valence-electron chi connectivity index (χ3n) is 3.53. The van der Waals surface area contributed by atoms with E-state index < -0.39 is 17.6 Å². The largest absolute Gasteiger partial charge is 0.323 e. The SMILES string of the molecule is CC(C)C(C)C1C(=O)Nc2c(F)cc(F)cc21. The fraction of sp³-hybridized carbons (Fsp3) is 0.462. The molecule has 0 bridgehead atoms. The van der Waals surface area contributed by atoms with Crippen LogP contribution in [0.4, 0.5) is 14.5 Å². The van der Waals surface area contributed by atoms with E-state index in [9.17, 15) is 13.6 Å². The maximum Gasteiger partial charge on any atom is 0.232 e. The lowest BCUT2D eigenvalue weighted by molar-refractivity contribution is -0.118. The Labute approximate surface area is 99.0 Å². The Bertz CT molecular complexity index is 471. The first-order valence-corrected chi connectivity index (χ1v) is 5.71. The number of fused-ring (bicyclic) bond motifs is 1. The third kappa shape index (κ3) is 1.92. The minimum Gasteiger partial charge on any atom is -0.323 e. The lowest BCUT2D eigenvalue weighted by atomic mass is 9.81. The minimum absolute atomic E-state index is 0.0393. The van der Waals surface area contributed by atoms with Crippen LogP contribution in [0, 0.1) is 23.5 Å². The van der Waals surface area contributed by atoms with Gasteiger partial charge in [-0.1, -0.05) is 20.8 Å². The Morgan fingerprint density at radius 3 is 2.47 bits per heavy atom. The molecule has 92 valence electrons. The second-order valence-corrected chi connectivity index (χ2v) is 4.92. The lowest BCUT2D eigenvalue weighted by Gasteiger charge is -2.21. The topological polar surface area (TPSA) is 29.1 Å². The molecule has 4 heteroatoms. The quantitative estimate of drug-likeness (QED) is 0.843. The van der Waals surface area contributed by atoms with Crippen LogP contribution >= 0.6 is 0 Å². The van der Waals surface area contributed by atoms with E-state index in [1.54, 1.807) is 0 Å². The molecule has 0 spiro atoms. The highest BCUT2D eigenvalue weighted by atomic mass is 19.1. The Hall–Kier alpha value is -1.45. The van der Waals surface area contributed by atoms with Gasteiger partial charge in [-0.3, -0.25) is 4.79 Å². The van der Waals surface area contributed by atoms with Crippen LogP contribution in [-0.4, -0.2) is 5.91 Å². The summed E-state index contributed by atoms with van der Waals surface area (Å²) in [4.78, 5) is 11.8. The molecule has 0 aliphatic carbocycles. The molecule has 0 radical (unpaired) electrons. The van der Waals surface area contributed by atoms with E-state index in [1.807, 2.05) is 20.8 Å². The van der Waals surface area contributed by atoms with Crippen molar-refractivity contribution in [1.82, 2.24) is 0 Å². The molecule has 1 aromatic rings. The zero-order chi connectivity index (χ0) is 12.7. The van der Waals surface area contributed by atoms with Gasteiger partial charge in [-0.15, -0.1) is 0 Å². The maximum atomic E-state index is 13.5. The van der Waals surface area contributed by atoms with E-state index in [0.29, 0.717) is 5.56 Å². The van der Waals surface area contributed by atoms with Crippen molar-refractivity contribution in [3.63, 3.8) is 0 Å². The molecule has 1 amide bonds. The molecule has 2 rings (SSSR count). The first-order chi connectivity index (χ1) is 7.91. The van der Waals surface area contributed by atoms with Crippen LogP contribution in [-0.2, 0) is 4.79 Å². The summed E-state index contributed by atoms with van der Waals surface area (Å²) in [5.41, 5.74) is 0.572. The molecule has 2 unspecified atom stereocenters. The Morgan fingerprint density at radius 1 is 1.24 bits per heavy atom. The first-order valence-electron chi connectivity index (χ1n) is 5.71. The molecule has 0 saturated heterocycles. The zero-order valence-corrected chi connectivity index (χ0v) is 10.1. The summed E-state index contributed by atoms with van der Waals surface area (Å²) in [6.45, 7) is 5.91. The summed E-state index contributed by atoms with van der Waals surface area (Å²) in [6.07, 6.45) is 0. The summed E-state index contributed by atoms with van der Waals surface area (Å²) in [5.74, 6) is -1.74. The molecule has 0 saturated carbocycles. The fourth-order valence-corrected chi connectivity index (χ4v) is 2.22.